The highest BCUT2D eigenvalue weighted by atomic mass is 16.5. The van der Waals surface area contributed by atoms with E-state index < -0.39 is 0 Å². The van der Waals surface area contributed by atoms with E-state index >= 15 is 0 Å². The van der Waals surface area contributed by atoms with Crippen molar-refractivity contribution in [3.8, 4) is 5.75 Å². The van der Waals surface area contributed by atoms with Crippen LogP contribution >= 0.6 is 0 Å². The molecule has 2 aromatic carbocycles. The maximum absolute atomic E-state index is 12.5. The van der Waals surface area contributed by atoms with Crippen LogP contribution in [0.25, 0.3) is 0 Å². The number of rotatable bonds is 8. The van der Waals surface area contributed by atoms with Crippen LogP contribution in [0, 0.1) is 6.92 Å². The number of benzene rings is 2. The van der Waals surface area contributed by atoms with Crippen LogP contribution in [0.15, 0.2) is 77.5 Å². The molecule has 0 aliphatic heterocycles. The highest BCUT2D eigenvalue weighted by Crippen LogP contribution is 2.17. The Hall–Kier alpha value is -3.80. The second kappa shape index (κ2) is 9.34. The van der Waals surface area contributed by atoms with E-state index in [0.717, 1.165) is 17.7 Å². The molecule has 0 fully saturated rings. The van der Waals surface area contributed by atoms with Gasteiger partial charge in [-0.3, -0.25) is 9.48 Å². The van der Waals surface area contributed by atoms with Crippen LogP contribution < -0.4 is 10.1 Å². The average Bonchev–Trinajstić information content (AvgIpc) is 3.42. The van der Waals surface area contributed by atoms with Gasteiger partial charge in [0.25, 0.3) is 5.91 Å². The van der Waals surface area contributed by atoms with Crippen molar-refractivity contribution in [3.63, 3.8) is 0 Å². The molecule has 0 spiro atoms. The lowest BCUT2D eigenvalue weighted by atomic mass is 10.1. The van der Waals surface area contributed by atoms with E-state index in [2.05, 4.69) is 42.5 Å². The Balaban J connectivity index is 1.32. The Kier molecular flexibility index (Phi) is 6.17. The fraction of sp³-hybridized carbons (Fsp3) is 0.200. The summed E-state index contributed by atoms with van der Waals surface area (Å²) in [7, 11) is 0. The minimum absolute atomic E-state index is 0.228. The van der Waals surface area contributed by atoms with Crippen molar-refractivity contribution in [1.82, 2.24) is 9.78 Å². The lowest BCUT2D eigenvalue weighted by Crippen LogP contribution is -2.10. The Morgan fingerprint density at radius 3 is 2.71 bits per heavy atom. The van der Waals surface area contributed by atoms with Gasteiger partial charge in [-0.1, -0.05) is 48.9 Å². The fourth-order valence-electron chi connectivity index (χ4n) is 3.26. The number of amides is 1. The number of anilines is 1. The van der Waals surface area contributed by atoms with E-state index in [0.29, 0.717) is 18.0 Å². The van der Waals surface area contributed by atoms with Crippen LogP contribution in [0.1, 0.15) is 39.9 Å². The third-order valence-electron chi connectivity index (χ3n) is 4.92. The largest absolute Gasteiger partial charge is 0.486 e. The number of aromatic nitrogens is 2. The number of hydrogen-bond donors (Lipinski definition) is 1. The van der Waals surface area contributed by atoms with E-state index in [1.807, 2.05) is 30.3 Å². The molecule has 0 atom stereocenters. The highest BCUT2D eigenvalue weighted by molar-refractivity contribution is 6.02. The fourth-order valence-corrected chi connectivity index (χ4v) is 3.26. The Labute approximate surface area is 181 Å². The van der Waals surface area contributed by atoms with Gasteiger partial charge >= 0.3 is 0 Å². The zero-order chi connectivity index (χ0) is 21.6. The SMILES string of the molecule is CCc1ccc(OCc2ccc(C(=O)Nc3cnn(Cc4cccc(C)c4)c3)o2)cc1. The van der Waals surface area contributed by atoms with Crippen molar-refractivity contribution >= 4 is 11.6 Å². The highest BCUT2D eigenvalue weighted by Gasteiger charge is 2.13. The molecule has 6 heteroatoms. The Bertz CT molecular complexity index is 1160. The van der Waals surface area contributed by atoms with Gasteiger partial charge in [-0.25, -0.2) is 0 Å². The van der Waals surface area contributed by atoms with Crippen LogP contribution in [0.2, 0.25) is 0 Å². The van der Waals surface area contributed by atoms with Crippen molar-refractivity contribution in [2.24, 2.45) is 0 Å². The van der Waals surface area contributed by atoms with Crippen LogP contribution in [-0.4, -0.2) is 15.7 Å². The number of carbonyl (C=O) groups excluding carboxylic acids is 1. The van der Waals surface area contributed by atoms with Gasteiger partial charge in [0.05, 0.1) is 18.4 Å². The summed E-state index contributed by atoms with van der Waals surface area (Å²) in [6.45, 7) is 5.07. The lowest BCUT2D eigenvalue weighted by molar-refractivity contribution is 0.0992. The summed E-state index contributed by atoms with van der Waals surface area (Å²) in [5.74, 6) is 1.25. The number of aryl methyl sites for hydroxylation is 2. The zero-order valence-electron chi connectivity index (χ0n) is 17.7. The molecule has 1 amide bonds. The smallest absolute Gasteiger partial charge is 0.291 e. The first-order chi connectivity index (χ1) is 15.1. The molecule has 0 unspecified atom stereocenters. The molecule has 1 N–H and O–H groups in total. The lowest BCUT2D eigenvalue weighted by Gasteiger charge is -2.05. The number of nitrogens with zero attached hydrogens (tertiary/aromatic N) is 2. The third-order valence-corrected chi connectivity index (χ3v) is 4.92. The molecular formula is C25H25N3O3. The summed E-state index contributed by atoms with van der Waals surface area (Å²) in [5.41, 5.74) is 4.23. The third kappa shape index (κ3) is 5.42. The van der Waals surface area contributed by atoms with Crippen molar-refractivity contribution in [2.75, 3.05) is 5.32 Å². The molecule has 158 valence electrons. The molecule has 6 nitrogen and oxygen atoms in total. The molecule has 0 bridgehead atoms. The van der Waals surface area contributed by atoms with Crippen molar-refractivity contribution in [3.05, 3.63) is 101 Å². The zero-order valence-corrected chi connectivity index (χ0v) is 17.7. The summed E-state index contributed by atoms with van der Waals surface area (Å²) in [4.78, 5) is 12.5. The topological polar surface area (TPSA) is 69.3 Å². The second-order valence-electron chi connectivity index (χ2n) is 7.42. The minimum atomic E-state index is -0.325. The summed E-state index contributed by atoms with van der Waals surface area (Å²) < 4.78 is 13.2. The number of hydrogen-bond acceptors (Lipinski definition) is 4. The molecule has 2 aromatic heterocycles. The van der Waals surface area contributed by atoms with Gasteiger partial charge in [-0.05, 0) is 48.7 Å². The van der Waals surface area contributed by atoms with Crippen molar-refractivity contribution in [2.45, 2.75) is 33.4 Å². The molecule has 0 aliphatic rings. The second-order valence-corrected chi connectivity index (χ2v) is 7.42. The number of furan rings is 1. The monoisotopic (exact) mass is 415 g/mol. The maximum atomic E-state index is 12.5. The molecule has 0 saturated carbocycles. The van der Waals surface area contributed by atoms with Gasteiger partial charge in [0, 0.05) is 6.20 Å². The first-order valence-electron chi connectivity index (χ1n) is 10.3. The molecular weight excluding hydrogens is 390 g/mol. The van der Waals surface area contributed by atoms with E-state index in [4.69, 9.17) is 9.15 Å². The standard InChI is InChI=1S/C25H25N3O3/c1-3-19-7-9-22(10-8-19)30-17-23-11-12-24(31-23)25(29)27-21-14-26-28(16-21)15-20-6-4-5-18(2)13-20/h4-14,16H,3,15,17H2,1-2H3,(H,27,29). The molecule has 0 saturated heterocycles. The number of ether oxygens (including phenoxy) is 1. The number of nitrogens with one attached hydrogen (secondary N) is 1. The first-order valence-corrected chi connectivity index (χ1v) is 10.3. The van der Waals surface area contributed by atoms with Crippen LogP contribution in [0.3, 0.4) is 0 Å². The quantitative estimate of drug-likeness (QED) is 0.428. The summed E-state index contributed by atoms with van der Waals surface area (Å²) >= 11 is 0. The summed E-state index contributed by atoms with van der Waals surface area (Å²) in [6, 6.07) is 19.6. The van der Waals surface area contributed by atoms with Gasteiger partial charge in [0.15, 0.2) is 5.76 Å². The van der Waals surface area contributed by atoms with Crippen LogP contribution in [0.5, 0.6) is 5.75 Å². The van der Waals surface area contributed by atoms with Gasteiger partial charge in [0.1, 0.15) is 18.1 Å². The van der Waals surface area contributed by atoms with Gasteiger partial charge in [0.2, 0.25) is 0 Å². The van der Waals surface area contributed by atoms with Gasteiger partial charge in [-0.2, -0.15) is 5.10 Å². The molecule has 4 rings (SSSR count). The summed E-state index contributed by atoms with van der Waals surface area (Å²) in [6.07, 6.45) is 4.41. The Morgan fingerprint density at radius 2 is 1.94 bits per heavy atom. The van der Waals surface area contributed by atoms with Crippen molar-refractivity contribution in [1.29, 1.82) is 0 Å². The van der Waals surface area contributed by atoms with Crippen molar-refractivity contribution < 1.29 is 13.9 Å². The molecule has 4 aromatic rings. The van der Waals surface area contributed by atoms with Gasteiger partial charge in [-0.15, -0.1) is 0 Å². The minimum Gasteiger partial charge on any atom is -0.486 e. The van der Waals surface area contributed by atoms with Gasteiger partial charge < -0.3 is 14.5 Å². The average molecular weight is 415 g/mol. The maximum Gasteiger partial charge on any atom is 0.291 e. The van der Waals surface area contributed by atoms with E-state index in [1.54, 1.807) is 29.2 Å². The van der Waals surface area contributed by atoms with E-state index in [9.17, 15) is 4.79 Å². The van der Waals surface area contributed by atoms with Crippen LogP contribution in [-0.2, 0) is 19.6 Å². The molecule has 2 heterocycles. The number of carbonyl (C=O) groups is 1. The first kappa shape index (κ1) is 20.5. The predicted octanol–water partition coefficient (Wildman–Crippen LogP) is 5.23. The van der Waals surface area contributed by atoms with Crippen LogP contribution in [0.4, 0.5) is 5.69 Å². The van der Waals surface area contributed by atoms with E-state index in [-0.39, 0.29) is 18.3 Å². The molecule has 31 heavy (non-hydrogen) atoms. The summed E-state index contributed by atoms with van der Waals surface area (Å²) in [5, 5.41) is 7.14. The molecule has 0 radical (unpaired) electrons. The predicted molar refractivity (Wildman–Crippen MR) is 119 cm³/mol. The van der Waals surface area contributed by atoms with E-state index in [1.165, 1.54) is 11.1 Å². The Morgan fingerprint density at radius 1 is 1.10 bits per heavy atom. The normalized spacial score (nSPS) is 10.8. The molecule has 0 aliphatic carbocycles.